The number of nitrogens with zero attached hydrogens (tertiary/aromatic N) is 2. The number of aliphatic hydroxyl groups is 1. The third-order valence-electron chi connectivity index (χ3n) is 6.64. The zero-order valence-corrected chi connectivity index (χ0v) is 25.0. The molecule has 0 amide bonds. The molecule has 244 valence electrons. The molecule has 0 aromatic heterocycles. The monoisotopic (exact) mass is 637 g/mol. The van der Waals surface area contributed by atoms with Crippen LogP contribution in [0.2, 0.25) is 0 Å². The van der Waals surface area contributed by atoms with Crippen molar-refractivity contribution in [3.05, 3.63) is 75.5 Å². The van der Waals surface area contributed by atoms with Crippen molar-refractivity contribution in [3.63, 3.8) is 0 Å². The summed E-state index contributed by atoms with van der Waals surface area (Å²) < 4.78 is 63.2. The predicted octanol–water partition coefficient (Wildman–Crippen LogP) is 4.12. The van der Waals surface area contributed by atoms with Crippen LogP contribution in [0.4, 0.5) is 18.9 Å². The van der Waals surface area contributed by atoms with E-state index in [2.05, 4.69) is 15.0 Å². The van der Waals surface area contributed by atoms with E-state index in [0.717, 1.165) is 26.2 Å². The lowest BCUT2D eigenvalue weighted by Gasteiger charge is -2.32. The van der Waals surface area contributed by atoms with Crippen molar-refractivity contribution in [3.8, 4) is 11.5 Å². The van der Waals surface area contributed by atoms with Gasteiger partial charge in [-0.2, -0.15) is 13.2 Å². The summed E-state index contributed by atoms with van der Waals surface area (Å²) in [6.07, 6.45) is -5.78. The number of rotatable bonds is 14. The summed E-state index contributed by atoms with van der Waals surface area (Å²) in [5.74, 6) is -5.31. The Bertz CT molecular complexity index is 1430. The van der Waals surface area contributed by atoms with Gasteiger partial charge < -0.3 is 29.4 Å². The van der Waals surface area contributed by atoms with E-state index in [1.165, 1.54) is 12.1 Å². The maximum Gasteiger partial charge on any atom is 0.430 e. The Balaban J connectivity index is 1.74. The summed E-state index contributed by atoms with van der Waals surface area (Å²) in [4.78, 5) is 40.2. The highest BCUT2D eigenvalue weighted by Crippen LogP contribution is 2.44. The van der Waals surface area contributed by atoms with Gasteiger partial charge in [0.2, 0.25) is 0 Å². The Morgan fingerprint density at radius 2 is 1.73 bits per heavy atom. The molecular weight excluding hydrogens is 603 g/mol. The second-order valence-electron chi connectivity index (χ2n) is 10.3. The zero-order chi connectivity index (χ0) is 33.3. The van der Waals surface area contributed by atoms with E-state index >= 15 is 0 Å². The molecule has 45 heavy (non-hydrogen) atoms. The Labute approximate surface area is 257 Å². The number of hydrogen-bond acceptors (Lipinski definition) is 11. The highest BCUT2D eigenvalue weighted by molar-refractivity contribution is 6.10. The SMILES string of the molecule is COC(=O)C1C(C(F)(F)F)=NC(C)=C(C(=O)OCCOc2ccc(OCC(O)CNC(C)C)cc2)C1c1cccc([N+](=O)[O-])c1. The maximum atomic E-state index is 14.0. The van der Waals surface area contributed by atoms with E-state index in [1.54, 1.807) is 24.3 Å². The average Bonchev–Trinajstić information content (AvgIpc) is 3.00. The van der Waals surface area contributed by atoms with Gasteiger partial charge in [0.15, 0.2) is 0 Å². The van der Waals surface area contributed by atoms with E-state index in [1.807, 2.05) is 13.8 Å². The summed E-state index contributed by atoms with van der Waals surface area (Å²) in [5, 5.41) is 24.5. The molecule has 3 rings (SSSR count). The van der Waals surface area contributed by atoms with Crippen molar-refractivity contribution in [2.45, 2.75) is 45.0 Å². The first-order chi connectivity index (χ1) is 21.2. The Kier molecular flexibility index (Phi) is 12.0. The largest absolute Gasteiger partial charge is 0.491 e. The molecule has 0 bridgehead atoms. The summed E-state index contributed by atoms with van der Waals surface area (Å²) in [6, 6.07) is 11.3. The van der Waals surface area contributed by atoms with Gasteiger partial charge in [-0.1, -0.05) is 26.0 Å². The third-order valence-corrected chi connectivity index (χ3v) is 6.64. The van der Waals surface area contributed by atoms with Crippen LogP contribution in [0.5, 0.6) is 11.5 Å². The van der Waals surface area contributed by atoms with Crippen LogP contribution >= 0.6 is 0 Å². The van der Waals surface area contributed by atoms with Gasteiger partial charge in [0.05, 0.1) is 17.6 Å². The highest BCUT2D eigenvalue weighted by atomic mass is 19.4. The summed E-state index contributed by atoms with van der Waals surface area (Å²) >= 11 is 0. The number of aliphatic imine (C=N–C) groups is 1. The molecule has 0 radical (unpaired) electrons. The number of aliphatic hydroxyl groups excluding tert-OH is 1. The number of nitro groups is 1. The second kappa shape index (κ2) is 15.5. The molecule has 0 saturated carbocycles. The smallest absolute Gasteiger partial charge is 0.430 e. The Morgan fingerprint density at radius 1 is 1.09 bits per heavy atom. The van der Waals surface area contributed by atoms with E-state index < -0.39 is 52.4 Å². The maximum absolute atomic E-state index is 14.0. The van der Waals surface area contributed by atoms with Crippen molar-refractivity contribution >= 4 is 23.3 Å². The van der Waals surface area contributed by atoms with Gasteiger partial charge in [-0.3, -0.25) is 19.9 Å². The topological polar surface area (TPSA) is 159 Å². The van der Waals surface area contributed by atoms with Gasteiger partial charge in [-0.15, -0.1) is 0 Å². The Morgan fingerprint density at radius 3 is 2.31 bits per heavy atom. The normalized spacial score (nSPS) is 17.4. The molecule has 1 aliphatic rings. The van der Waals surface area contributed by atoms with Crippen LogP contribution in [0.25, 0.3) is 0 Å². The van der Waals surface area contributed by atoms with Crippen molar-refractivity contribution in [1.82, 2.24) is 5.32 Å². The quantitative estimate of drug-likeness (QED) is 0.134. The van der Waals surface area contributed by atoms with Crippen molar-refractivity contribution in [2.75, 3.05) is 33.5 Å². The molecule has 0 saturated heterocycles. The van der Waals surface area contributed by atoms with Crippen LogP contribution in [0.3, 0.4) is 0 Å². The molecule has 3 unspecified atom stereocenters. The van der Waals surface area contributed by atoms with Gasteiger partial charge in [0, 0.05) is 36.3 Å². The lowest BCUT2D eigenvalue weighted by Crippen LogP contribution is -2.43. The van der Waals surface area contributed by atoms with Gasteiger partial charge in [-0.25, -0.2) is 4.79 Å². The number of methoxy groups -OCH3 is 1. The van der Waals surface area contributed by atoms with E-state index in [4.69, 9.17) is 14.2 Å². The van der Waals surface area contributed by atoms with Crippen molar-refractivity contribution in [2.24, 2.45) is 10.9 Å². The van der Waals surface area contributed by atoms with Gasteiger partial charge >= 0.3 is 18.1 Å². The number of esters is 2. The third kappa shape index (κ3) is 9.49. The predicted molar refractivity (Wildman–Crippen MR) is 155 cm³/mol. The number of halogens is 3. The minimum absolute atomic E-state index is 0.0772. The second-order valence-corrected chi connectivity index (χ2v) is 10.3. The summed E-state index contributed by atoms with van der Waals surface area (Å²) in [6.45, 7) is 5.05. The van der Waals surface area contributed by atoms with E-state index in [-0.39, 0.29) is 42.7 Å². The summed E-state index contributed by atoms with van der Waals surface area (Å²) in [5.41, 5.74) is -2.82. The number of nitrogens with one attached hydrogen (secondary N) is 1. The number of non-ortho nitro benzene ring substituents is 1. The van der Waals surface area contributed by atoms with E-state index in [0.29, 0.717) is 18.0 Å². The molecule has 2 aromatic rings. The first-order valence-corrected chi connectivity index (χ1v) is 13.9. The molecule has 15 heteroatoms. The van der Waals surface area contributed by atoms with Crippen molar-refractivity contribution in [1.29, 1.82) is 0 Å². The first-order valence-electron chi connectivity index (χ1n) is 13.9. The fraction of sp³-hybridized carbons (Fsp3) is 0.433. The van der Waals surface area contributed by atoms with Crippen molar-refractivity contribution < 1.29 is 51.7 Å². The molecule has 12 nitrogen and oxygen atoms in total. The molecule has 2 N–H and O–H groups in total. The molecule has 1 aliphatic heterocycles. The summed E-state index contributed by atoms with van der Waals surface area (Å²) in [7, 11) is 0.884. The fourth-order valence-electron chi connectivity index (χ4n) is 4.57. The van der Waals surface area contributed by atoms with E-state index in [9.17, 15) is 38.0 Å². The molecule has 1 heterocycles. The molecule has 3 atom stereocenters. The number of benzene rings is 2. The van der Waals surface area contributed by atoms with Crippen LogP contribution in [-0.4, -0.2) is 79.5 Å². The van der Waals surface area contributed by atoms with Crippen LogP contribution in [0.1, 0.15) is 32.3 Å². The first kappa shape index (κ1) is 35.0. The number of alkyl halides is 3. The number of carbonyl (C=O) groups excluding carboxylic acids is 2. The number of allylic oxidation sites excluding steroid dienone is 1. The van der Waals surface area contributed by atoms with Gasteiger partial charge in [-0.05, 0) is 36.8 Å². The zero-order valence-electron chi connectivity index (χ0n) is 25.0. The van der Waals surface area contributed by atoms with Crippen LogP contribution in [-0.2, 0) is 19.1 Å². The average molecular weight is 638 g/mol. The number of hydrogen-bond donors (Lipinski definition) is 2. The lowest BCUT2D eigenvalue weighted by molar-refractivity contribution is -0.384. The van der Waals surface area contributed by atoms with Crippen LogP contribution < -0.4 is 14.8 Å². The number of nitro benzene ring substituents is 1. The minimum atomic E-state index is -5.08. The molecular formula is C30H34F3N3O9. The molecule has 2 aromatic carbocycles. The number of carbonyl (C=O) groups is 2. The Hall–Kier alpha value is -4.50. The molecule has 0 aliphatic carbocycles. The molecule has 0 fully saturated rings. The van der Waals surface area contributed by atoms with Crippen LogP contribution in [0, 0.1) is 16.0 Å². The number of ether oxygens (including phenoxy) is 4. The minimum Gasteiger partial charge on any atom is -0.491 e. The highest BCUT2D eigenvalue weighted by Gasteiger charge is 2.52. The molecule has 0 spiro atoms. The van der Waals surface area contributed by atoms with Gasteiger partial charge in [0.25, 0.3) is 5.69 Å². The lowest BCUT2D eigenvalue weighted by atomic mass is 9.75. The van der Waals surface area contributed by atoms with Gasteiger partial charge in [0.1, 0.15) is 49.1 Å². The van der Waals surface area contributed by atoms with Crippen LogP contribution in [0.15, 0.2) is 64.8 Å². The fourth-order valence-corrected chi connectivity index (χ4v) is 4.57. The standard InChI is InChI=1S/C30H34F3N3O9/c1-17(2)34-15-21(37)16-45-23-10-8-22(9-11-23)43-12-13-44-29(39)24-18(3)35-27(30(31,32)33)26(28(38)42-4)25(24)19-6-5-7-20(14-19)36(40)41/h5-11,14,17,21,25-26,34,37H,12-13,15-16H2,1-4H3.